The number of hydrogen-bond acceptors (Lipinski definition) is 3. The number of anilines is 1. The standard InChI is InChI=1S/C14H21NO2/c1-10(16)8-9-15(4)13-6-7-14(17-5)12(3)11(13)2/h6-7H,8-9H2,1-5H3. The molecule has 0 radical (unpaired) electrons. The summed E-state index contributed by atoms with van der Waals surface area (Å²) in [5, 5.41) is 0. The van der Waals surface area contributed by atoms with Crippen LogP contribution in [0.25, 0.3) is 0 Å². The SMILES string of the molecule is COc1ccc(N(C)CCC(C)=O)c(C)c1C. The largest absolute Gasteiger partial charge is 0.496 e. The molecule has 0 aliphatic rings. The molecule has 0 unspecified atom stereocenters. The Morgan fingerprint density at radius 2 is 1.94 bits per heavy atom. The Balaban J connectivity index is 2.91. The van der Waals surface area contributed by atoms with E-state index >= 15 is 0 Å². The second-order valence-electron chi connectivity index (χ2n) is 4.41. The zero-order valence-corrected chi connectivity index (χ0v) is 11.3. The fourth-order valence-electron chi connectivity index (χ4n) is 1.86. The number of benzene rings is 1. The van der Waals surface area contributed by atoms with Gasteiger partial charge in [0.05, 0.1) is 7.11 Å². The van der Waals surface area contributed by atoms with Crippen molar-refractivity contribution in [2.24, 2.45) is 0 Å². The van der Waals surface area contributed by atoms with E-state index in [4.69, 9.17) is 4.74 Å². The maximum Gasteiger partial charge on any atom is 0.131 e. The average molecular weight is 235 g/mol. The summed E-state index contributed by atoms with van der Waals surface area (Å²) >= 11 is 0. The second-order valence-corrected chi connectivity index (χ2v) is 4.41. The first kappa shape index (κ1) is 13.6. The van der Waals surface area contributed by atoms with Crippen molar-refractivity contribution in [3.63, 3.8) is 0 Å². The lowest BCUT2D eigenvalue weighted by molar-refractivity contribution is -0.116. The Hall–Kier alpha value is -1.51. The molecule has 0 saturated carbocycles. The summed E-state index contributed by atoms with van der Waals surface area (Å²) in [6, 6.07) is 4.02. The molecule has 3 nitrogen and oxygen atoms in total. The molecule has 1 rings (SSSR count). The topological polar surface area (TPSA) is 29.5 Å². The molecule has 0 heterocycles. The van der Waals surface area contributed by atoms with Gasteiger partial charge in [-0.15, -0.1) is 0 Å². The second kappa shape index (κ2) is 5.71. The van der Waals surface area contributed by atoms with Crippen molar-refractivity contribution >= 4 is 11.5 Å². The third-order valence-electron chi connectivity index (χ3n) is 3.14. The maximum absolute atomic E-state index is 11.0. The Morgan fingerprint density at radius 3 is 2.47 bits per heavy atom. The van der Waals surface area contributed by atoms with Crippen LogP contribution in [-0.4, -0.2) is 26.5 Å². The van der Waals surface area contributed by atoms with Gasteiger partial charge < -0.3 is 9.64 Å². The molecule has 0 spiro atoms. The van der Waals surface area contributed by atoms with Crippen molar-refractivity contribution in [2.45, 2.75) is 27.2 Å². The summed E-state index contributed by atoms with van der Waals surface area (Å²) in [4.78, 5) is 13.1. The van der Waals surface area contributed by atoms with Crippen LogP contribution < -0.4 is 9.64 Å². The zero-order chi connectivity index (χ0) is 13.0. The molecule has 0 aromatic heterocycles. The molecule has 0 atom stereocenters. The summed E-state index contributed by atoms with van der Waals surface area (Å²) < 4.78 is 5.29. The molecule has 1 aromatic rings. The Kier molecular flexibility index (Phi) is 4.55. The Morgan fingerprint density at radius 1 is 1.29 bits per heavy atom. The third-order valence-corrected chi connectivity index (χ3v) is 3.14. The van der Waals surface area contributed by atoms with Gasteiger partial charge in [-0.3, -0.25) is 4.79 Å². The van der Waals surface area contributed by atoms with E-state index in [-0.39, 0.29) is 5.78 Å². The molecule has 17 heavy (non-hydrogen) atoms. The number of carbonyl (C=O) groups excluding carboxylic acids is 1. The summed E-state index contributed by atoms with van der Waals surface area (Å²) in [6.07, 6.45) is 0.584. The molecule has 1 aromatic carbocycles. The molecule has 0 N–H and O–H groups in total. The van der Waals surface area contributed by atoms with Crippen molar-refractivity contribution in [3.05, 3.63) is 23.3 Å². The number of carbonyl (C=O) groups is 1. The molecular weight excluding hydrogens is 214 g/mol. The quantitative estimate of drug-likeness (QED) is 0.786. The van der Waals surface area contributed by atoms with E-state index in [0.29, 0.717) is 6.42 Å². The monoisotopic (exact) mass is 235 g/mol. The first-order chi connectivity index (χ1) is 7.97. The van der Waals surface area contributed by atoms with Gasteiger partial charge in [0, 0.05) is 25.7 Å². The number of Topliss-reactive ketones (excluding diaryl/α,β-unsaturated/α-hetero) is 1. The van der Waals surface area contributed by atoms with Crippen molar-refractivity contribution in [1.29, 1.82) is 0 Å². The van der Waals surface area contributed by atoms with Gasteiger partial charge in [0.2, 0.25) is 0 Å². The van der Waals surface area contributed by atoms with Crippen LogP contribution in [0.15, 0.2) is 12.1 Å². The summed E-state index contributed by atoms with van der Waals surface area (Å²) in [5.74, 6) is 1.13. The lowest BCUT2D eigenvalue weighted by atomic mass is 10.1. The molecule has 94 valence electrons. The van der Waals surface area contributed by atoms with Crippen LogP contribution in [0.3, 0.4) is 0 Å². The minimum Gasteiger partial charge on any atom is -0.496 e. The van der Waals surface area contributed by atoms with E-state index in [2.05, 4.69) is 18.7 Å². The molecule has 0 amide bonds. The van der Waals surface area contributed by atoms with Gasteiger partial charge in [-0.05, 0) is 44.0 Å². The van der Waals surface area contributed by atoms with Crippen molar-refractivity contribution in [2.75, 3.05) is 25.6 Å². The predicted octanol–water partition coefficient (Wildman–Crippen LogP) is 2.73. The van der Waals surface area contributed by atoms with Gasteiger partial charge in [-0.2, -0.15) is 0 Å². The molecule has 0 fully saturated rings. The fraction of sp³-hybridized carbons (Fsp3) is 0.500. The highest BCUT2D eigenvalue weighted by Gasteiger charge is 2.10. The number of ether oxygens (including phenoxy) is 1. The number of nitrogens with zero attached hydrogens (tertiary/aromatic N) is 1. The van der Waals surface area contributed by atoms with Crippen LogP contribution in [0.2, 0.25) is 0 Å². The molecular formula is C14H21NO2. The zero-order valence-electron chi connectivity index (χ0n) is 11.3. The summed E-state index contributed by atoms with van der Waals surface area (Å²) in [7, 11) is 3.69. The van der Waals surface area contributed by atoms with E-state index < -0.39 is 0 Å². The Labute approximate surface area is 103 Å². The van der Waals surface area contributed by atoms with Crippen LogP contribution in [0.1, 0.15) is 24.5 Å². The number of methoxy groups -OCH3 is 1. The minimum absolute atomic E-state index is 0.222. The van der Waals surface area contributed by atoms with Crippen LogP contribution in [0.5, 0.6) is 5.75 Å². The first-order valence-corrected chi connectivity index (χ1v) is 5.82. The molecule has 0 saturated heterocycles. The summed E-state index contributed by atoms with van der Waals surface area (Å²) in [5.41, 5.74) is 3.51. The normalized spacial score (nSPS) is 10.2. The fourth-order valence-corrected chi connectivity index (χ4v) is 1.86. The number of hydrogen-bond donors (Lipinski definition) is 0. The van der Waals surface area contributed by atoms with Crippen molar-refractivity contribution in [3.8, 4) is 5.75 Å². The maximum atomic E-state index is 11.0. The van der Waals surface area contributed by atoms with Gasteiger partial charge in [-0.1, -0.05) is 0 Å². The summed E-state index contributed by atoms with van der Waals surface area (Å²) in [6.45, 7) is 6.51. The molecule has 3 heteroatoms. The first-order valence-electron chi connectivity index (χ1n) is 5.82. The molecule has 0 bridgehead atoms. The minimum atomic E-state index is 0.222. The van der Waals surface area contributed by atoms with Gasteiger partial charge in [0.15, 0.2) is 0 Å². The lowest BCUT2D eigenvalue weighted by Gasteiger charge is -2.22. The van der Waals surface area contributed by atoms with Crippen LogP contribution in [-0.2, 0) is 4.79 Å². The van der Waals surface area contributed by atoms with Crippen LogP contribution in [0, 0.1) is 13.8 Å². The van der Waals surface area contributed by atoms with E-state index in [0.717, 1.165) is 23.5 Å². The van der Waals surface area contributed by atoms with E-state index in [1.165, 1.54) is 5.56 Å². The van der Waals surface area contributed by atoms with E-state index in [1.54, 1.807) is 14.0 Å². The Bertz CT molecular complexity index is 413. The highest BCUT2D eigenvalue weighted by molar-refractivity contribution is 5.76. The van der Waals surface area contributed by atoms with Gasteiger partial charge >= 0.3 is 0 Å². The van der Waals surface area contributed by atoms with Crippen molar-refractivity contribution < 1.29 is 9.53 Å². The van der Waals surface area contributed by atoms with Gasteiger partial charge in [0.25, 0.3) is 0 Å². The lowest BCUT2D eigenvalue weighted by Crippen LogP contribution is -2.21. The highest BCUT2D eigenvalue weighted by Crippen LogP contribution is 2.29. The predicted molar refractivity (Wildman–Crippen MR) is 71.0 cm³/mol. The van der Waals surface area contributed by atoms with Crippen molar-refractivity contribution in [1.82, 2.24) is 0 Å². The molecule has 0 aliphatic heterocycles. The highest BCUT2D eigenvalue weighted by atomic mass is 16.5. The van der Waals surface area contributed by atoms with Gasteiger partial charge in [-0.25, -0.2) is 0 Å². The van der Waals surface area contributed by atoms with Crippen LogP contribution in [0.4, 0.5) is 5.69 Å². The average Bonchev–Trinajstić information content (AvgIpc) is 2.29. The number of rotatable bonds is 5. The smallest absolute Gasteiger partial charge is 0.131 e. The van der Waals surface area contributed by atoms with E-state index in [9.17, 15) is 4.79 Å². The number of ketones is 1. The van der Waals surface area contributed by atoms with E-state index in [1.807, 2.05) is 19.2 Å². The van der Waals surface area contributed by atoms with Crippen LogP contribution >= 0.6 is 0 Å². The third kappa shape index (κ3) is 3.22. The molecule has 0 aliphatic carbocycles. The van der Waals surface area contributed by atoms with Gasteiger partial charge in [0.1, 0.15) is 11.5 Å².